The molecular formula is C18H21N7O2. The highest BCUT2D eigenvalue weighted by Crippen LogP contribution is 2.30. The van der Waals surface area contributed by atoms with E-state index in [0.29, 0.717) is 36.1 Å². The number of aromatic amines is 1. The maximum absolute atomic E-state index is 12.5. The quantitative estimate of drug-likeness (QED) is 0.603. The zero-order valence-electron chi connectivity index (χ0n) is 14.9. The maximum atomic E-state index is 12.5. The van der Waals surface area contributed by atoms with Crippen molar-refractivity contribution in [3.05, 3.63) is 70.0 Å². The third kappa shape index (κ3) is 3.07. The van der Waals surface area contributed by atoms with E-state index in [1.54, 1.807) is 20.3 Å². The largest absolute Gasteiger partial charge is 0.394 e. The monoisotopic (exact) mass is 367 g/mol. The van der Waals surface area contributed by atoms with Crippen LogP contribution in [0, 0.1) is 0 Å². The van der Waals surface area contributed by atoms with Crippen LogP contribution < -0.4 is 11.4 Å². The number of fused-ring (bicyclic) bond motifs is 1. The Bertz CT molecular complexity index is 1030. The summed E-state index contributed by atoms with van der Waals surface area (Å²) in [4.78, 5) is 21.8. The number of H-pyrrole nitrogens is 1. The number of aliphatic hydroxyl groups is 1. The van der Waals surface area contributed by atoms with Gasteiger partial charge in [0.1, 0.15) is 17.6 Å². The lowest BCUT2D eigenvalue weighted by Crippen LogP contribution is -2.39. The molecule has 4 N–H and O–H groups in total. The van der Waals surface area contributed by atoms with E-state index in [9.17, 15) is 4.79 Å². The average molecular weight is 367 g/mol. The van der Waals surface area contributed by atoms with E-state index < -0.39 is 6.17 Å². The number of hydrogen-bond acceptors (Lipinski definition) is 6. The van der Waals surface area contributed by atoms with Crippen LogP contribution in [0.4, 0.5) is 5.82 Å². The Kier molecular flexibility index (Phi) is 4.38. The second kappa shape index (κ2) is 6.86. The highest BCUT2D eigenvalue weighted by Gasteiger charge is 2.31. The van der Waals surface area contributed by atoms with Crippen LogP contribution in [0.25, 0.3) is 0 Å². The number of hydrogen-bond donors (Lipinski definition) is 3. The van der Waals surface area contributed by atoms with Crippen LogP contribution in [0.5, 0.6) is 0 Å². The summed E-state index contributed by atoms with van der Waals surface area (Å²) >= 11 is 0. The van der Waals surface area contributed by atoms with Crippen LogP contribution in [0.1, 0.15) is 23.1 Å². The molecule has 27 heavy (non-hydrogen) atoms. The molecule has 0 aliphatic carbocycles. The fraction of sp³-hybridized carbons (Fsp3) is 0.278. The van der Waals surface area contributed by atoms with Gasteiger partial charge in [0.05, 0.1) is 19.7 Å². The normalized spacial score (nSPS) is 16.3. The average Bonchev–Trinajstić information content (AvgIpc) is 3.25. The van der Waals surface area contributed by atoms with Gasteiger partial charge in [-0.25, -0.2) is 9.79 Å². The minimum atomic E-state index is -0.541. The van der Waals surface area contributed by atoms with E-state index in [0.717, 1.165) is 5.56 Å². The van der Waals surface area contributed by atoms with E-state index in [4.69, 9.17) is 15.8 Å². The predicted molar refractivity (Wildman–Crippen MR) is 101 cm³/mol. The Labute approximate surface area is 155 Å². The number of nitrogens with two attached hydrogens (primary N) is 1. The van der Waals surface area contributed by atoms with Crippen LogP contribution in [0.2, 0.25) is 0 Å². The van der Waals surface area contributed by atoms with Crippen LogP contribution in [0.15, 0.2) is 52.4 Å². The van der Waals surface area contributed by atoms with Crippen molar-refractivity contribution >= 4 is 11.7 Å². The second-order valence-electron chi connectivity index (χ2n) is 6.42. The Morgan fingerprint density at radius 1 is 1.26 bits per heavy atom. The number of aliphatic hydroxyl groups excluding tert-OH is 1. The molecule has 0 bridgehead atoms. The number of nitrogens with zero attached hydrogens (tertiary/aromatic N) is 5. The minimum Gasteiger partial charge on any atom is -0.394 e. The van der Waals surface area contributed by atoms with Crippen molar-refractivity contribution in [1.82, 2.24) is 24.2 Å². The van der Waals surface area contributed by atoms with Gasteiger partial charge in [-0.05, 0) is 11.6 Å². The zero-order chi connectivity index (χ0) is 19.0. The number of nitrogens with one attached hydrogen (secondary N) is 1. The van der Waals surface area contributed by atoms with Crippen molar-refractivity contribution < 1.29 is 5.11 Å². The van der Waals surface area contributed by atoms with Gasteiger partial charge in [-0.3, -0.25) is 9.25 Å². The Balaban J connectivity index is 1.78. The molecule has 1 aliphatic heterocycles. The van der Waals surface area contributed by atoms with Crippen molar-refractivity contribution in [2.75, 3.05) is 13.7 Å². The Morgan fingerprint density at radius 2 is 2.04 bits per heavy atom. The third-order valence-electron chi connectivity index (χ3n) is 4.62. The zero-order valence-corrected chi connectivity index (χ0v) is 14.9. The molecule has 0 radical (unpaired) electrons. The molecule has 1 aliphatic rings. The van der Waals surface area contributed by atoms with Crippen molar-refractivity contribution in [2.24, 2.45) is 10.7 Å². The molecule has 1 atom stereocenters. The number of aliphatic imine (C=N–C) groups is 1. The SMILES string of the molecule is CN1C(c2ccn(CCO)n2)=Nc2c([nH]c(=O)n2Cc2ccccc2)C1N. The van der Waals surface area contributed by atoms with Gasteiger partial charge in [0.15, 0.2) is 11.7 Å². The van der Waals surface area contributed by atoms with Gasteiger partial charge in [0, 0.05) is 13.2 Å². The maximum Gasteiger partial charge on any atom is 0.327 e. The molecule has 0 saturated heterocycles. The lowest BCUT2D eigenvalue weighted by Gasteiger charge is -2.30. The van der Waals surface area contributed by atoms with Crippen molar-refractivity contribution in [2.45, 2.75) is 19.3 Å². The third-order valence-corrected chi connectivity index (χ3v) is 4.62. The standard InChI is InChI=1S/C18H21N7O2/c1-23-15(19)14-17(21-16(23)13-7-8-24(22-13)9-10-26)25(18(27)20-14)11-12-5-3-2-4-6-12/h2-8,15,26H,9-11,19H2,1H3,(H,20,27). The van der Waals surface area contributed by atoms with Gasteiger partial charge in [-0.2, -0.15) is 5.10 Å². The van der Waals surface area contributed by atoms with Gasteiger partial charge in [-0.1, -0.05) is 30.3 Å². The number of benzene rings is 1. The fourth-order valence-electron chi connectivity index (χ4n) is 3.17. The van der Waals surface area contributed by atoms with Gasteiger partial charge in [0.2, 0.25) is 0 Å². The van der Waals surface area contributed by atoms with E-state index in [1.807, 2.05) is 43.4 Å². The van der Waals surface area contributed by atoms with Crippen molar-refractivity contribution in [1.29, 1.82) is 0 Å². The molecule has 9 heteroatoms. The summed E-state index contributed by atoms with van der Waals surface area (Å²) < 4.78 is 3.23. The van der Waals surface area contributed by atoms with Gasteiger partial charge >= 0.3 is 5.69 Å². The van der Waals surface area contributed by atoms with E-state index in [1.165, 1.54) is 0 Å². The topological polar surface area (TPSA) is 117 Å². The lowest BCUT2D eigenvalue weighted by molar-refractivity contribution is 0.269. The first-order valence-electron chi connectivity index (χ1n) is 8.67. The van der Waals surface area contributed by atoms with E-state index >= 15 is 0 Å². The van der Waals surface area contributed by atoms with Gasteiger partial charge < -0.3 is 20.7 Å². The molecule has 1 unspecified atom stereocenters. The Hall–Kier alpha value is -3.17. The van der Waals surface area contributed by atoms with Crippen LogP contribution in [-0.4, -0.2) is 48.8 Å². The minimum absolute atomic E-state index is 0.00151. The highest BCUT2D eigenvalue weighted by atomic mass is 16.3. The van der Waals surface area contributed by atoms with Crippen LogP contribution in [0.3, 0.4) is 0 Å². The van der Waals surface area contributed by atoms with Crippen LogP contribution in [-0.2, 0) is 13.1 Å². The molecule has 0 spiro atoms. The first-order valence-corrected chi connectivity index (χ1v) is 8.67. The highest BCUT2D eigenvalue weighted by molar-refractivity contribution is 5.99. The first-order chi connectivity index (χ1) is 13.1. The molecule has 9 nitrogen and oxygen atoms in total. The molecule has 1 aromatic carbocycles. The molecule has 3 heterocycles. The molecule has 3 aromatic rings. The number of rotatable bonds is 5. The molecule has 140 valence electrons. The first kappa shape index (κ1) is 17.3. The van der Waals surface area contributed by atoms with Crippen molar-refractivity contribution in [3.8, 4) is 0 Å². The van der Waals surface area contributed by atoms with E-state index in [2.05, 4.69) is 10.1 Å². The summed E-state index contributed by atoms with van der Waals surface area (Å²) in [6, 6.07) is 11.5. The number of aromatic nitrogens is 4. The summed E-state index contributed by atoms with van der Waals surface area (Å²) in [5.41, 5.74) is 8.31. The number of amidine groups is 1. The molecule has 2 aromatic heterocycles. The number of imidazole rings is 1. The molecule has 0 saturated carbocycles. The summed E-state index contributed by atoms with van der Waals surface area (Å²) in [6.45, 7) is 0.802. The summed E-state index contributed by atoms with van der Waals surface area (Å²) in [5, 5.41) is 13.5. The van der Waals surface area contributed by atoms with Crippen LogP contribution >= 0.6 is 0 Å². The van der Waals surface area contributed by atoms with Gasteiger partial charge in [0.25, 0.3) is 0 Å². The lowest BCUT2D eigenvalue weighted by atomic mass is 10.2. The predicted octanol–water partition coefficient (Wildman–Crippen LogP) is 0.394. The van der Waals surface area contributed by atoms with Gasteiger partial charge in [-0.15, -0.1) is 0 Å². The fourth-order valence-corrected chi connectivity index (χ4v) is 3.17. The summed E-state index contributed by atoms with van der Waals surface area (Å²) in [5.74, 6) is 1.09. The smallest absolute Gasteiger partial charge is 0.327 e. The molecular weight excluding hydrogens is 346 g/mol. The summed E-state index contributed by atoms with van der Waals surface area (Å²) in [6.07, 6.45) is 1.23. The molecule has 0 amide bonds. The second-order valence-corrected chi connectivity index (χ2v) is 6.42. The Morgan fingerprint density at radius 3 is 2.78 bits per heavy atom. The van der Waals surface area contributed by atoms with Crippen molar-refractivity contribution in [3.63, 3.8) is 0 Å². The summed E-state index contributed by atoms with van der Waals surface area (Å²) in [7, 11) is 1.81. The molecule has 4 rings (SSSR count). The molecule has 0 fully saturated rings. The van der Waals surface area contributed by atoms with E-state index in [-0.39, 0.29) is 12.3 Å².